The average molecular weight is 201 g/mol. The molecule has 1 rings (SSSR count). The summed E-state index contributed by atoms with van der Waals surface area (Å²) in [6, 6.07) is 0. The molecule has 1 saturated heterocycles. The summed E-state index contributed by atoms with van der Waals surface area (Å²) in [5.41, 5.74) is -0.844. The molecule has 0 saturated carbocycles. The number of ether oxygens (including phenoxy) is 1. The Morgan fingerprint density at radius 3 is 2.71 bits per heavy atom. The number of hydrogen-bond donors (Lipinski definition) is 1. The van der Waals surface area contributed by atoms with Gasteiger partial charge < -0.3 is 14.7 Å². The van der Waals surface area contributed by atoms with Crippen LogP contribution in [0.2, 0.25) is 0 Å². The second kappa shape index (κ2) is 4.28. The first-order chi connectivity index (χ1) is 6.40. The number of amides is 1. The zero-order chi connectivity index (χ0) is 10.8. The van der Waals surface area contributed by atoms with Crippen LogP contribution < -0.4 is 0 Å². The Balaban J connectivity index is 2.43. The minimum Gasteiger partial charge on any atom is -0.389 e. The second-order valence-corrected chi connectivity index (χ2v) is 4.51. The van der Waals surface area contributed by atoms with Crippen molar-refractivity contribution in [3.63, 3.8) is 0 Å². The fourth-order valence-electron chi connectivity index (χ4n) is 1.68. The molecule has 1 aliphatic rings. The molecule has 1 amide bonds. The van der Waals surface area contributed by atoms with Crippen molar-refractivity contribution in [1.29, 1.82) is 0 Å². The lowest BCUT2D eigenvalue weighted by Gasteiger charge is -2.27. The molecular formula is C10H19NO3. The summed E-state index contributed by atoms with van der Waals surface area (Å²) in [5, 5.41) is 9.55. The molecule has 1 fully saturated rings. The third-order valence-electron chi connectivity index (χ3n) is 2.21. The number of aliphatic hydroxyl groups is 1. The molecule has 4 heteroatoms. The largest absolute Gasteiger partial charge is 0.389 e. The van der Waals surface area contributed by atoms with Crippen molar-refractivity contribution in [3.8, 4) is 0 Å². The van der Waals surface area contributed by atoms with Crippen molar-refractivity contribution in [2.75, 3.05) is 20.2 Å². The Morgan fingerprint density at radius 1 is 1.64 bits per heavy atom. The summed E-state index contributed by atoms with van der Waals surface area (Å²) in [7, 11) is 1.70. The van der Waals surface area contributed by atoms with Crippen molar-refractivity contribution < 1.29 is 14.6 Å². The summed E-state index contributed by atoms with van der Waals surface area (Å²) >= 11 is 0. The molecule has 82 valence electrons. The highest BCUT2D eigenvalue weighted by Gasteiger charge is 2.28. The van der Waals surface area contributed by atoms with Crippen molar-refractivity contribution >= 4 is 5.91 Å². The third-order valence-corrected chi connectivity index (χ3v) is 2.21. The molecule has 4 nitrogen and oxygen atoms in total. The molecule has 1 atom stereocenters. The van der Waals surface area contributed by atoms with Crippen LogP contribution >= 0.6 is 0 Å². The van der Waals surface area contributed by atoms with Gasteiger partial charge in [-0.3, -0.25) is 4.79 Å². The molecule has 0 aromatic carbocycles. The molecule has 0 aromatic heterocycles. The Hall–Kier alpha value is -0.610. The van der Waals surface area contributed by atoms with Crippen LogP contribution in [0.1, 0.15) is 26.7 Å². The van der Waals surface area contributed by atoms with Gasteiger partial charge in [0.05, 0.1) is 5.60 Å². The van der Waals surface area contributed by atoms with Gasteiger partial charge in [-0.1, -0.05) is 0 Å². The van der Waals surface area contributed by atoms with Crippen LogP contribution in [-0.2, 0) is 9.53 Å². The SMILES string of the molecule is CN(CC(C)(C)O)C(=O)[C@@H]1CCCO1. The van der Waals surface area contributed by atoms with E-state index in [1.807, 2.05) is 0 Å². The van der Waals surface area contributed by atoms with Gasteiger partial charge in [0.25, 0.3) is 5.91 Å². The standard InChI is InChI=1S/C10H19NO3/c1-10(2,13)7-11(3)9(12)8-5-4-6-14-8/h8,13H,4-7H2,1-3H3/t8-/m0/s1. The van der Waals surface area contributed by atoms with E-state index in [2.05, 4.69) is 0 Å². The number of rotatable bonds is 3. The van der Waals surface area contributed by atoms with Gasteiger partial charge in [-0.25, -0.2) is 0 Å². The summed E-state index contributed by atoms with van der Waals surface area (Å²) in [5.74, 6) is -0.0235. The number of nitrogens with zero attached hydrogens (tertiary/aromatic N) is 1. The van der Waals surface area contributed by atoms with Crippen LogP contribution in [0.15, 0.2) is 0 Å². The highest BCUT2D eigenvalue weighted by atomic mass is 16.5. The average Bonchev–Trinajstić information content (AvgIpc) is 2.51. The van der Waals surface area contributed by atoms with E-state index in [1.165, 1.54) is 4.90 Å². The summed E-state index contributed by atoms with van der Waals surface area (Å²) in [4.78, 5) is 13.3. The van der Waals surface area contributed by atoms with Gasteiger partial charge >= 0.3 is 0 Å². The normalized spacial score (nSPS) is 22.4. The maximum atomic E-state index is 11.7. The Labute approximate surface area is 84.8 Å². The van der Waals surface area contributed by atoms with Gasteiger partial charge in [0.1, 0.15) is 6.10 Å². The zero-order valence-electron chi connectivity index (χ0n) is 9.12. The number of carbonyl (C=O) groups is 1. The first-order valence-corrected chi connectivity index (χ1v) is 4.99. The van der Waals surface area contributed by atoms with Gasteiger partial charge in [-0.05, 0) is 26.7 Å². The first-order valence-electron chi connectivity index (χ1n) is 4.99. The number of hydrogen-bond acceptors (Lipinski definition) is 3. The molecule has 0 unspecified atom stereocenters. The van der Waals surface area contributed by atoms with E-state index < -0.39 is 5.60 Å². The van der Waals surface area contributed by atoms with Gasteiger partial charge in [0, 0.05) is 20.2 Å². The smallest absolute Gasteiger partial charge is 0.251 e. The van der Waals surface area contributed by atoms with Gasteiger partial charge in [0.2, 0.25) is 0 Å². The molecule has 0 bridgehead atoms. The molecule has 1 N–H and O–H groups in total. The van der Waals surface area contributed by atoms with Crippen LogP contribution in [0, 0.1) is 0 Å². The lowest BCUT2D eigenvalue weighted by atomic mass is 10.1. The third kappa shape index (κ3) is 3.27. The molecule has 0 spiro atoms. The van der Waals surface area contributed by atoms with Crippen LogP contribution in [0.3, 0.4) is 0 Å². The summed E-state index contributed by atoms with van der Waals surface area (Å²) in [6.45, 7) is 4.39. The lowest BCUT2D eigenvalue weighted by molar-refractivity contribution is -0.142. The predicted octanol–water partition coefficient (Wildman–Crippen LogP) is 0.395. The highest BCUT2D eigenvalue weighted by molar-refractivity contribution is 5.80. The Kier molecular flexibility index (Phi) is 3.50. The van der Waals surface area contributed by atoms with E-state index in [1.54, 1.807) is 20.9 Å². The predicted molar refractivity (Wildman–Crippen MR) is 52.9 cm³/mol. The van der Waals surface area contributed by atoms with E-state index in [0.29, 0.717) is 13.2 Å². The first kappa shape index (κ1) is 11.5. The summed E-state index contributed by atoms with van der Waals surface area (Å²) < 4.78 is 5.28. The minimum absolute atomic E-state index is 0.0235. The van der Waals surface area contributed by atoms with Gasteiger partial charge in [0.15, 0.2) is 0 Å². The van der Waals surface area contributed by atoms with Gasteiger partial charge in [-0.15, -0.1) is 0 Å². The molecule has 1 aliphatic heterocycles. The van der Waals surface area contributed by atoms with Crippen LogP contribution in [0.5, 0.6) is 0 Å². The van der Waals surface area contributed by atoms with Crippen LogP contribution in [0.4, 0.5) is 0 Å². The fraction of sp³-hybridized carbons (Fsp3) is 0.900. The minimum atomic E-state index is -0.844. The molecule has 14 heavy (non-hydrogen) atoms. The van der Waals surface area contributed by atoms with E-state index in [9.17, 15) is 9.90 Å². The quantitative estimate of drug-likeness (QED) is 0.719. The number of likely N-dealkylation sites (N-methyl/N-ethyl adjacent to an activating group) is 1. The second-order valence-electron chi connectivity index (χ2n) is 4.51. The molecule has 1 heterocycles. The Bertz CT molecular complexity index is 204. The maximum Gasteiger partial charge on any atom is 0.251 e. The molecule has 0 aromatic rings. The lowest BCUT2D eigenvalue weighted by Crippen LogP contribution is -2.43. The van der Waals surface area contributed by atoms with Crippen molar-refractivity contribution in [2.24, 2.45) is 0 Å². The monoisotopic (exact) mass is 201 g/mol. The van der Waals surface area contributed by atoms with E-state index >= 15 is 0 Å². The van der Waals surface area contributed by atoms with Crippen LogP contribution in [0.25, 0.3) is 0 Å². The van der Waals surface area contributed by atoms with Crippen molar-refractivity contribution in [1.82, 2.24) is 4.90 Å². The van der Waals surface area contributed by atoms with Crippen molar-refractivity contribution in [3.05, 3.63) is 0 Å². The topological polar surface area (TPSA) is 49.8 Å². The summed E-state index contributed by atoms with van der Waals surface area (Å²) in [6.07, 6.45) is 1.46. The van der Waals surface area contributed by atoms with Crippen LogP contribution in [-0.4, -0.2) is 47.8 Å². The molecular weight excluding hydrogens is 182 g/mol. The molecule has 0 radical (unpaired) electrons. The maximum absolute atomic E-state index is 11.7. The van der Waals surface area contributed by atoms with Gasteiger partial charge in [-0.2, -0.15) is 0 Å². The highest BCUT2D eigenvalue weighted by Crippen LogP contribution is 2.15. The number of carbonyl (C=O) groups excluding carboxylic acids is 1. The van der Waals surface area contributed by atoms with E-state index in [0.717, 1.165) is 12.8 Å². The van der Waals surface area contributed by atoms with Crippen molar-refractivity contribution in [2.45, 2.75) is 38.4 Å². The Morgan fingerprint density at radius 2 is 2.29 bits per heavy atom. The molecule has 0 aliphatic carbocycles. The zero-order valence-corrected chi connectivity index (χ0v) is 9.12. The van der Waals surface area contributed by atoms with E-state index in [-0.39, 0.29) is 12.0 Å². The van der Waals surface area contributed by atoms with E-state index in [4.69, 9.17) is 4.74 Å². The fourth-order valence-corrected chi connectivity index (χ4v) is 1.68.